The Hall–Kier alpha value is -1.61. The molecule has 0 aliphatic heterocycles. The van der Waals surface area contributed by atoms with Crippen molar-refractivity contribution in [2.75, 3.05) is 13.6 Å². The first-order valence-electron chi connectivity index (χ1n) is 5.15. The molecular weight excluding hydrogens is 186 g/mol. The van der Waals surface area contributed by atoms with Gasteiger partial charge in [0.25, 0.3) is 0 Å². The van der Waals surface area contributed by atoms with Crippen LogP contribution in [-0.4, -0.2) is 23.6 Å². The zero-order chi connectivity index (χ0) is 10.5. The Morgan fingerprint density at radius 2 is 2.47 bits per heavy atom. The van der Waals surface area contributed by atoms with Crippen LogP contribution in [0.25, 0.3) is 17.1 Å². The van der Waals surface area contributed by atoms with E-state index in [1.807, 2.05) is 19.3 Å². The Bertz CT molecular complexity index is 457. The van der Waals surface area contributed by atoms with E-state index in [0.29, 0.717) is 0 Å². The standard InChI is InChI=1S/C12H15N3/c1-13-7-3-2-5-10-9-15-12-11(10)6-4-8-14-12/h2,4-6,8-9,13H,3,7H2,1H3,(H,14,15). The highest BCUT2D eigenvalue weighted by Crippen LogP contribution is 2.16. The SMILES string of the molecule is CNCCC=Cc1c[nH]c2ncccc12. The third kappa shape index (κ3) is 2.25. The summed E-state index contributed by atoms with van der Waals surface area (Å²) in [4.78, 5) is 7.40. The zero-order valence-electron chi connectivity index (χ0n) is 8.83. The summed E-state index contributed by atoms with van der Waals surface area (Å²) >= 11 is 0. The molecule has 0 aliphatic rings. The van der Waals surface area contributed by atoms with E-state index in [0.717, 1.165) is 18.6 Å². The van der Waals surface area contributed by atoms with Gasteiger partial charge in [0.2, 0.25) is 0 Å². The summed E-state index contributed by atoms with van der Waals surface area (Å²) < 4.78 is 0. The normalized spacial score (nSPS) is 11.5. The molecule has 0 fully saturated rings. The van der Waals surface area contributed by atoms with Crippen molar-refractivity contribution >= 4 is 17.1 Å². The third-order valence-corrected chi connectivity index (χ3v) is 2.34. The van der Waals surface area contributed by atoms with E-state index in [4.69, 9.17) is 0 Å². The first-order valence-corrected chi connectivity index (χ1v) is 5.15. The van der Waals surface area contributed by atoms with Crippen LogP contribution < -0.4 is 5.32 Å². The van der Waals surface area contributed by atoms with Gasteiger partial charge < -0.3 is 10.3 Å². The summed E-state index contributed by atoms with van der Waals surface area (Å²) in [6.45, 7) is 1.01. The van der Waals surface area contributed by atoms with Crippen LogP contribution in [0.4, 0.5) is 0 Å². The quantitative estimate of drug-likeness (QED) is 0.744. The van der Waals surface area contributed by atoms with E-state index in [1.165, 1.54) is 10.9 Å². The Morgan fingerprint density at radius 1 is 1.53 bits per heavy atom. The smallest absolute Gasteiger partial charge is 0.137 e. The van der Waals surface area contributed by atoms with E-state index in [9.17, 15) is 0 Å². The Kier molecular flexibility index (Phi) is 3.15. The molecule has 0 aromatic carbocycles. The lowest BCUT2D eigenvalue weighted by atomic mass is 10.2. The average Bonchev–Trinajstić information content (AvgIpc) is 2.68. The third-order valence-electron chi connectivity index (χ3n) is 2.34. The van der Waals surface area contributed by atoms with Crippen molar-refractivity contribution in [3.63, 3.8) is 0 Å². The molecular formula is C12H15N3. The largest absolute Gasteiger partial charge is 0.346 e. The highest BCUT2D eigenvalue weighted by Gasteiger charge is 1.98. The van der Waals surface area contributed by atoms with Crippen LogP contribution in [0.2, 0.25) is 0 Å². The van der Waals surface area contributed by atoms with Crippen molar-refractivity contribution in [1.29, 1.82) is 0 Å². The number of fused-ring (bicyclic) bond motifs is 1. The number of rotatable bonds is 4. The Balaban J connectivity index is 2.17. The Labute approximate surface area is 89.2 Å². The summed E-state index contributed by atoms with van der Waals surface area (Å²) in [7, 11) is 1.96. The van der Waals surface area contributed by atoms with Crippen molar-refractivity contribution in [2.45, 2.75) is 6.42 Å². The first-order chi connectivity index (χ1) is 7.42. The topological polar surface area (TPSA) is 40.7 Å². The van der Waals surface area contributed by atoms with Gasteiger partial charge in [0.05, 0.1) is 0 Å². The summed E-state index contributed by atoms with van der Waals surface area (Å²) in [6.07, 6.45) is 9.15. The average molecular weight is 201 g/mol. The van der Waals surface area contributed by atoms with Gasteiger partial charge in [0, 0.05) is 23.3 Å². The molecule has 0 bridgehead atoms. The molecule has 0 amide bonds. The minimum absolute atomic E-state index is 0.950. The molecule has 0 unspecified atom stereocenters. The second-order valence-electron chi connectivity index (χ2n) is 3.44. The van der Waals surface area contributed by atoms with E-state index in [2.05, 4.69) is 33.5 Å². The number of pyridine rings is 1. The lowest BCUT2D eigenvalue weighted by molar-refractivity contribution is 0.809. The molecule has 0 atom stereocenters. The van der Waals surface area contributed by atoms with Gasteiger partial charge >= 0.3 is 0 Å². The van der Waals surface area contributed by atoms with E-state index in [-0.39, 0.29) is 0 Å². The van der Waals surface area contributed by atoms with Crippen LogP contribution in [0.3, 0.4) is 0 Å². The van der Waals surface area contributed by atoms with Gasteiger partial charge in [-0.25, -0.2) is 4.98 Å². The number of nitrogens with one attached hydrogen (secondary N) is 2. The van der Waals surface area contributed by atoms with Crippen molar-refractivity contribution < 1.29 is 0 Å². The molecule has 0 radical (unpaired) electrons. The van der Waals surface area contributed by atoms with E-state index < -0.39 is 0 Å². The highest BCUT2D eigenvalue weighted by atomic mass is 14.8. The highest BCUT2D eigenvalue weighted by molar-refractivity contribution is 5.85. The molecule has 78 valence electrons. The minimum atomic E-state index is 0.950. The number of aromatic nitrogens is 2. The maximum atomic E-state index is 4.24. The number of hydrogen-bond donors (Lipinski definition) is 2. The molecule has 3 heteroatoms. The zero-order valence-corrected chi connectivity index (χ0v) is 8.83. The molecule has 0 aliphatic carbocycles. The Morgan fingerprint density at radius 3 is 3.33 bits per heavy atom. The molecule has 2 heterocycles. The fourth-order valence-electron chi connectivity index (χ4n) is 1.55. The molecule has 2 N–H and O–H groups in total. The fourth-order valence-corrected chi connectivity index (χ4v) is 1.55. The fraction of sp³-hybridized carbons (Fsp3) is 0.250. The number of aromatic amines is 1. The van der Waals surface area contributed by atoms with Gasteiger partial charge in [0.15, 0.2) is 0 Å². The van der Waals surface area contributed by atoms with Gasteiger partial charge in [0.1, 0.15) is 5.65 Å². The van der Waals surface area contributed by atoms with Crippen LogP contribution in [-0.2, 0) is 0 Å². The minimum Gasteiger partial charge on any atom is -0.346 e. The predicted molar refractivity (Wildman–Crippen MR) is 63.7 cm³/mol. The molecule has 0 spiro atoms. The molecule has 2 rings (SSSR count). The molecule has 15 heavy (non-hydrogen) atoms. The second-order valence-corrected chi connectivity index (χ2v) is 3.44. The molecule has 2 aromatic rings. The first kappa shape index (κ1) is 9.93. The van der Waals surface area contributed by atoms with Crippen molar-refractivity contribution in [1.82, 2.24) is 15.3 Å². The van der Waals surface area contributed by atoms with Crippen LogP contribution in [0, 0.1) is 0 Å². The van der Waals surface area contributed by atoms with Gasteiger partial charge in [-0.2, -0.15) is 0 Å². The van der Waals surface area contributed by atoms with Crippen LogP contribution >= 0.6 is 0 Å². The van der Waals surface area contributed by atoms with Crippen LogP contribution in [0.5, 0.6) is 0 Å². The van der Waals surface area contributed by atoms with Crippen LogP contribution in [0.1, 0.15) is 12.0 Å². The van der Waals surface area contributed by atoms with Crippen molar-refractivity contribution in [3.8, 4) is 0 Å². The maximum absolute atomic E-state index is 4.24. The van der Waals surface area contributed by atoms with Gasteiger partial charge in [-0.05, 0) is 32.1 Å². The second kappa shape index (κ2) is 4.75. The van der Waals surface area contributed by atoms with Gasteiger partial charge in [-0.3, -0.25) is 0 Å². The van der Waals surface area contributed by atoms with E-state index >= 15 is 0 Å². The summed E-state index contributed by atoms with van der Waals surface area (Å²) in [5, 5.41) is 4.29. The summed E-state index contributed by atoms with van der Waals surface area (Å²) in [5.41, 5.74) is 2.15. The lowest BCUT2D eigenvalue weighted by Crippen LogP contribution is -2.05. The number of H-pyrrole nitrogens is 1. The number of hydrogen-bond acceptors (Lipinski definition) is 2. The molecule has 0 saturated carbocycles. The maximum Gasteiger partial charge on any atom is 0.137 e. The van der Waals surface area contributed by atoms with Crippen molar-refractivity contribution in [3.05, 3.63) is 36.2 Å². The number of nitrogens with zero attached hydrogens (tertiary/aromatic N) is 1. The van der Waals surface area contributed by atoms with Gasteiger partial charge in [-0.15, -0.1) is 0 Å². The van der Waals surface area contributed by atoms with Crippen molar-refractivity contribution in [2.24, 2.45) is 0 Å². The lowest BCUT2D eigenvalue weighted by Gasteiger charge is -1.92. The molecule has 0 saturated heterocycles. The predicted octanol–water partition coefficient (Wildman–Crippen LogP) is 2.19. The molecule has 2 aromatic heterocycles. The molecule has 3 nitrogen and oxygen atoms in total. The van der Waals surface area contributed by atoms with Gasteiger partial charge in [-0.1, -0.05) is 12.2 Å². The van der Waals surface area contributed by atoms with E-state index in [1.54, 1.807) is 6.20 Å². The van der Waals surface area contributed by atoms with Crippen LogP contribution in [0.15, 0.2) is 30.6 Å². The summed E-state index contributed by atoms with van der Waals surface area (Å²) in [5.74, 6) is 0. The monoisotopic (exact) mass is 201 g/mol. The summed E-state index contributed by atoms with van der Waals surface area (Å²) in [6, 6.07) is 4.04.